The maximum atomic E-state index is 14.4. The van der Waals surface area contributed by atoms with Crippen molar-refractivity contribution in [3.8, 4) is 11.1 Å². The van der Waals surface area contributed by atoms with Crippen LogP contribution in [0.25, 0.3) is 54.7 Å². The number of hydrogen-bond donors (Lipinski definition) is 5. The van der Waals surface area contributed by atoms with Crippen molar-refractivity contribution in [2.75, 3.05) is 39.6 Å². The van der Waals surface area contributed by atoms with Gasteiger partial charge < -0.3 is 45.0 Å². The monoisotopic (exact) mass is 872 g/mol. The fraction of sp³-hybridized carbons (Fsp3) is 0.447. The number of aliphatic hydroxyl groups is 1. The summed E-state index contributed by atoms with van der Waals surface area (Å²) in [5.41, 5.74) is 5.63. The van der Waals surface area contributed by atoms with Crippen molar-refractivity contribution in [2.24, 2.45) is 11.8 Å². The van der Waals surface area contributed by atoms with Gasteiger partial charge in [0.1, 0.15) is 30.3 Å². The number of aliphatic hydroxyl groups excluding tert-OH is 1. The zero-order valence-electron chi connectivity index (χ0n) is 36.5. The number of nitrogens with one attached hydrogen (secondary N) is 4. The number of imidazole rings is 2. The van der Waals surface area contributed by atoms with E-state index in [-0.39, 0.29) is 35.7 Å². The zero-order valence-corrected chi connectivity index (χ0v) is 37.5. The van der Waals surface area contributed by atoms with Gasteiger partial charge in [-0.3, -0.25) is 14.4 Å². The molecule has 5 heterocycles. The molecule has 3 aliphatic heterocycles. The number of ether oxygens (including phenoxy) is 2. The first-order valence-electron chi connectivity index (χ1n) is 22.1. The molecule has 0 bridgehead atoms. The van der Waals surface area contributed by atoms with Crippen molar-refractivity contribution in [3.05, 3.63) is 72.3 Å². The van der Waals surface area contributed by atoms with Gasteiger partial charge in [-0.25, -0.2) is 14.8 Å². The number of rotatable bonds is 10. The maximum absolute atomic E-state index is 14.4. The van der Waals surface area contributed by atoms with Crippen molar-refractivity contribution >= 4 is 75.5 Å². The van der Waals surface area contributed by atoms with E-state index in [1.54, 1.807) is 4.90 Å². The van der Waals surface area contributed by atoms with Gasteiger partial charge in [0.25, 0.3) is 0 Å². The normalized spacial score (nSPS) is 20.2. The lowest BCUT2D eigenvalue weighted by molar-refractivity contribution is -0.139. The van der Waals surface area contributed by atoms with E-state index in [1.807, 2.05) is 30.9 Å². The third-order valence-corrected chi connectivity index (χ3v) is 16.0. The van der Waals surface area contributed by atoms with Crippen LogP contribution in [0.4, 0.5) is 4.79 Å². The van der Waals surface area contributed by atoms with Crippen molar-refractivity contribution in [3.63, 3.8) is 0 Å². The zero-order chi connectivity index (χ0) is 44.2. The quantitative estimate of drug-likeness (QED) is 0.0957. The fourth-order valence-electron chi connectivity index (χ4n) is 10.1. The van der Waals surface area contributed by atoms with Gasteiger partial charge in [0.05, 0.1) is 49.3 Å². The third kappa shape index (κ3) is 8.15. The minimum atomic E-state index is -1.82. The molecule has 0 saturated carbocycles. The SMILES string of the molecule is COC(=O)NC(C(=O)N1C[Si](C)(C)CC1c1nc2ccc3cc(-c4ccc5c(ccc6nc([C@@H]7CCCN7C(=O)C(NC(=O)CO)C(C)C)[nH]c65)c4)ccc3c2[nH]1)C1CCOCC1. The van der Waals surface area contributed by atoms with Crippen molar-refractivity contribution in [1.82, 2.24) is 40.4 Å². The van der Waals surface area contributed by atoms with Gasteiger partial charge in [0.15, 0.2) is 0 Å². The molecule has 9 rings (SSSR count). The summed E-state index contributed by atoms with van der Waals surface area (Å²) in [6, 6.07) is 20.1. The van der Waals surface area contributed by atoms with Crippen LogP contribution in [0.15, 0.2) is 60.7 Å². The number of fused-ring (bicyclic) bond motifs is 6. The van der Waals surface area contributed by atoms with E-state index in [0.717, 1.165) is 85.3 Å². The number of methoxy groups -OCH3 is 1. The molecule has 63 heavy (non-hydrogen) atoms. The van der Waals surface area contributed by atoms with Gasteiger partial charge in [-0.2, -0.15) is 0 Å². The van der Waals surface area contributed by atoms with Gasteiger partial charge >= 0.3 is 6.09 Å². The fourth-order valence-corrected chi connectivity index (χ4v) is 13.0. The van der Waals surface area contributed by atoms with Crippen LogP contribution in [0.3, 0.4) is 0 Å². The molecule has 330 valence electrons. The number of H-pyrrole nitrogens is 2. The van der Waals surface area contributed by atoms with Gasteiger partial charge in [-0.1, -0.05) is 63.3 Å². The van der Waals surface area contributed by atoms with Gasteiger partial charge in [-0.05, 0) is 89.7 Å². The number of alkyl carbamates (subject to hydrolysis) is 1. The Bertz CT molecular complexity index is 2740. The van der Waals surface area contributed by atoms with Crippen LogP contribution in [0, 0.1) is 11.8 Å². The summed E-state index contributed by atoms with van der Waals surface area (Å²) in [5.74, 6) is 0.463. The van der Waals surface area contributed by atoms with Gasteiger partial charge in [0, 0.05) is 36.7 Å². The highest BCUT2D eigenvalue weighted by atomic mass is 28.3. The van der Waals surface area contributed by atoms with Gasteiger partial charge in [0.2, 0.25) is 17.7 Å². The number of benzene rings is 4. The minimum Gasteiger partial charge on any atom is -0.453 e. The molecule has 3 fully saturated rings. The van der Waals surface area contributed by atoms with E-state index in [1.165, 1.54) is 7.11 Å². The lowest BCUT2D eigenvalue weighted by Gasteiger charge is -2.34. The van der Waals surface area contributed by atoms with Gasteiger partial charge in [-0.15, -0.1) is 0 Å². The molecule has 2 aromatic heterocycles. The standard InChI is InChI=1S/C47H56N8O7Si/c1-26(2)39(50-38(57)23-56)45(58)54-18-6-7-36(54)43-48-34-14-10-30-21-28(8-12-32(30)41(34)51-43)29-9-13-33-31(22-29)11-15-35-42(33)52-44(49-35)37-24-63(4,5)25-55(37)46(59)40(53-47(60)61-3)27-16-19-62-20-17-27/h8-15,21-22,26-27,36-37,39-40,56H,6-7,16-20,23-25H2,1-5H3,(H,48,51)(H,49,52)(H,50,57)(H,53,60)/t36-,37?,39?,40?/m0/s1. The first kappa shape index (κ1) is 42.5. The number of aromatic nitrogens is 4. The topological polar surface area (TPSA) is 195 Å². The molecule has 15 nitrogen and oxygen atoms in total. The van der Waals surface area contributed by atoms with Crippen LogP contribution in [0.1, 0.15) is 63.3 Å². The minimum absolute atomic E-state index is 0.0427. The molecule has 3 unspecified atom stereocenters. The van der Waals surface area contributed by atoms with E-state index in [0.29, 0.717) is 38.8 Å². The number of carbonyl (C=O) groups excluding carboxylic acids is 4. The van der Waals surface area contributed by atoms with Crippen LogP contribution in [0.2, 0.25) is 19.1 Å². The van der Waals surface area contributed by atoms with Crippen LogP contribution < -0.4 is 10.6 Å². The van der Waals surface area contributed by atoms with Crippen LogP contribution in [-0.4, -0.2) is 118 Å². The summed E-state index contributed by atoms with van der Waals surface area (Å²) < 4.78 is 10.5. The number of nitrogens with zero attached hydrogens (tertiary/aromatic N) is 4. The lowest BCUT2D eigenvalue weighted by Crippen LogP contribution is -2.53. The Kier molecular flexibility index (Phi) is 11.5. The van der Waals surface area contributed by atoms with Crippen molar-refractivity contribution in [2.45, 2.75) is 82.8 Å². The molecule has 6 aromatic rings. The second kappa shape index (κ2) is 17.0. The summed E-state index contributed by atoms with van der Waals surface area (Å²) in [5, 5.41) is 19.1. The number of amides is 4. The molecular formula is C47H56N8O7Si. The molecule has 4 amide bonds. The van der Waals surface area contributed by atoms with Crippen LogP contribution in [-0.2, 0) is 23.9 Å². The van der Waals surface area contributed by atoms with E-state index < -0.39 is 38.8 Å². The Morgan fingerprint density at radius 1 is 0.825 bits per heavy atom. The molecule has 0 spiro atoms. The molecule has 4 aromatic carbocycles. The molecule has 3 saturated heterocycles. The predicted molar refractivity (Wildman–Crippen MR) is 243 cm³/mol. The molecule has 4 atom stereocenters. The van der Waals surface area contributed by atoms with E-state index in [4.69, 9.17) is 19.4 Å². The number of likely N-dealkylation sites (tertiary alicyclic amines) is 1. The third-order valence-electron chi connectivity index (χ3n) is 13.3. The first-order valence-corrected chi connectivity index (χ1v) is 25.5. The number of aromatic amines is 2. The second-order valence-corrected chi connectivity index (χ2v) is 23.6. The molecule has 0 aliphatic carbocycles. The Hall–Kier alpha value is -5.84. The number of hydrogen-bond acceptors (Lipinski definition) is 9. The van der Waals surface area contributed by atoms with Crippen molar-refractivity contribution in [1.29, 1.82) is 0 Å². The second-order valence-electron chi connectivity index (χ2n) is 18.6. The summed E-state index contributed by atoms with van der Waals surface area (Å²) in [6.45, 7) is 9.38. The average Bonchev–Trinajstić information content (AvgIpc) is 4.11. The highest BCUT2D eigenvalue weighted by molar-refractivity contribution is 6.78. The first-order chi connectivity index (χ1) is 30.3. The van der Waals surface area contributed by atoms with Crippen LogP contribution >= 0.6 is 0 Å². The maximum Gasteiger partial charge on any atom is 0.407 e. The molecule has 5 N–H and O–H groups in total. The van der Waals surface area contributed by atoms with E-state index in [2.05, 4.69) is 82.2 Å². The summed E-state index contributed by atoms with van der Waals surface area (Å²) in [7, 11) is -0.504. The molecular weight excluding hydrogens is 817 g/mol. The Morgan fingerprint density at radius 2 is 1.43 bits per heavy atom. The smallest absolute Gasteiger partial charge is 0.407 e. The predicted octanol–water partition coefficient (Wildman–Crippen LogP) is 6.49. The van der Waals surface area contributed by atoms with E-state index >= 15 is 0 Å². The summed E-state index contributed by atoms with van der Waals surface area (Å²) in [4.78, 5) is 73.7. The average molecular weight is 873 g/mol. The Morgan fingerprint density at radius 3 is 2.00 bits per heavy atom. The largest absolute Gasteiger partial charge is 0.453 e. The lowest BCUT2D eigenvalue weighted by atomic mass is 9.90. The number of carbonyl (C=O) groups is 4. The Labute approximate surface area is 366 Å². The van der Waals surface area contributed by atoms with Crippen molar-refractivity contribution < 1.29 is 33.8 Å². The summed E-state index contributed by atoms with van der Waals surface area (Å²) >= 11 is 0. The van der Waals surface area contributed by atoms with Crippen LogP contribution in [0.5, 0.6) is 0 Å². The molecule has 16 heteroatoms. The summed E-state index contributed by atoms with van der Waals surface area (Å²) in [6.07, 6.45) is 3.02. The van der Waals surface area contributed by atoms with E-state index in [9.17, 15) is 24.3 Å². The molecule has 3 aliphatic rings. The highest BCUT2D eigenvalue weighted by Gasteiger charge is 2.47. The highest BCUT2D eigenvalue weighted by Crippen LogP contribution is 2.40. The molecule has 0 radical (unpaired) electrons. The Balaban J connectivity index is 0.980.